The van der Waals surface area contributed by atoms with E-state index in [4.69, 9.17) is 4.42 Å². The van der Waals surface area contributed by atoms with E-state index < -0.39 is 0 Å². The molecular formula is C13H15FN2O. The molecule has 90 valence electrons. The van der Waals surface area contributed by atoms with Crippen molar-refractivity contribution in [3.05, 3.63) is 47.3 Å². The summed E-state index contributed by atoms with van der Waals surface area (Å²) in [6, 6.07) is 5.07. The quantitative estimate of drug-likeness (QED) is 0.881. The van der Waals surface area contributed by atoms with Crippen molar-refractivity contribution >= 4 is 5.82 Å². The molecule has 2 rings (SSSR count). The van der Waals surface area contributed by atoms with Gasteiger partial charge >= 0.3 is 0 Å². The molecule has 1 N–H and O–H groups in total. The first-order chi connectivity index (χ1) is 8.06. The third-order valence-corrected chi connectivity index (χ3v) is 2.64. The number of furan rings is 1. The molecule has 0 aliphatic carbocycles. The molecule has 0 amide bonds. The Kier molecular flexibility index (Phi) is 3.13. The Labute approximate surface area is 99.7 Å². The van der Waals surface area contributed by atoms with Crippen LogP contribution in [0.2, 0.25) is 0 Å². The lowest BCUT2D eigenvalue weighted by Gasteiger charge is -2.13. The first-order valence-electron chi connectivity index (χ1n) is 5.51. The Balaban J connectivity index is 2.14. The van der Waals surface area contributed by atoms with Crippen LogP contribution in [0.3, 0.4) is 0 Å². The molecule has 0 radical (unpaired) electrons. The number of halogens is 1. The monoisotopic (exact) mass is 234 g/mol. The average molecular weight is 234 g/mol. The SMILES string of the molecule is Cc1cc(C(C)Nc2ccc(F)cn2)c(C)o1. The van der Waals surface area contributed by atoms with Crippen molar-refractivity contribution in [3.63, 3.8) is 0 Å². The third-order valence-electron chi connectivity index (χ3n) is 2.64. The maximum atomic E-state index is 12.7. The van der Waals surface area contributed by atoms with E-state index in [1.54, 1.807) is 6.07 Å². The molecule has 0 saturated carbocycles. The second-order valence-electron chi connectivity index (χ2n) is 4.10. The number of rotatable bonds is 3. The molecule has 0 bridgehead atoms. The molecule has 2 aromatic rings. The van der Waals surface area contributed by atoms with Crippen LogP contribution >= 0.6 is 0 Å². The summed E-state index contributed by atoms with van der Waals surface area (Å²) in [6.07, 6.45) is 1.20. The van der Waals surface area contributed by atoms with Crippen LogP contribution in [0.25, 0.3) is 0 Å². The maximum absolute atomic E-state index is 12.7. The molecule has 2 heterocycles. The first kappa shape index (κ1) is 11.6. The van der Waals surface area contributed by atoms with Crippen LogP contribution in [0.1, 0.15) is 30.0 Å². The smallest absolute Gasteiger partial charge is 0.141 e. The van der Waals surface area contributed by atoms with Crippen LogP contribution < -0.4 is 5.32 Å². The molecule has 3 nitrogen and oxygen atoms in total. The molecule has 0 aliphatic rings. The van der Waals surface area contributed by atoms with Gasteiger partial charge in [-0.3, -0.25) is 0 Å². The average Bonchev–Trinajstić information content (AvgIpc) is 2.61. The van der Waals surface area contributed by atoms with Gasteiger partial charge in [-0.1, -0.05) is 0 Å². The van der Waals surface area contributed by atoms with E-state index in [1.807, 2.05) is 26.8 Å². The molecule has 17 heavy (non-hydrogen) atoms. The second-order valence-corrected chi connectivity index (χ2v) is 4.10. The van der Waals surface area contributed by atoms with Crippen molar-refractivity contribution in [2.45, 2.75) is 26.8 Å². The van der Waals surface area contributed by atoms with Crippen LogP contribution in [0, 0.1) is 19.7 Å². The van der Waals surface area contributed by atoms with Crippen molar-refractivity contribution in [3.8, 4) is 0 Å². The van der Waals surface area contributed by atoms with Crippen LogP contribution in [-0.2, 0) is 0 Å². The van der Waals surface area contributed by atoms with Gasteiger partial charge in [-0.15, -0.1) is 0 Å². The van der Waals surface area contributed by atoms with Crippen molar-refractivity contribution in [1.82, 2.24) is 4.98 Å². The largest absolute Gasteiger partial charge is 0.466 e. The van der Waals surface area contributed by atoms with Gasteiger partial charge in [0.15, 0.2) is 0 Å². The summed E-state index contributed by atoms with van der Waals surface area (Å²) in [6.45, 7) is 5.86. The lowest BCUT2D eigenvalue weighted by atomic mass is 10.1. The molecule has 0 fully saturated rings. The summed E-state index contributed by atoms with van der Waals surface area (Å²) >= 11 is 0. The number of aryl methyl sites for hydroxylation is 2. The van der Waals surface area contributed by atoms with Crippen molar-refractivity contribution < 1.29 is 8.81 Å². The highest BCUT2D eigenvalue weighted by Crippen LogP contribution is 2.24. The Morgan fingerprint density at radius 1 is 1.35 bits per heavy atom. The van der Waals surface area contributed by atoms with Crippen LogP contribution in [0.5, 0.6) is 0 Å². The van der Waals surface area contributed by atoms with Crippen LogP contribution in [0.15, 0.2) is 28.8 Å². The minimum absolute atomic E-state index is 0.0745. The third kappa shape index (κ3) is 2.64. The van der Waals surface area contributed by atoms with E-state index in [0.29, 0.717) is 5.82 Å². The van der Waals surface area contributed by atoms with E-state index in [-0.39, 0.29) is 11.9 Å². The highest BCUT2D eigenvalue weighted by Gasteiger charge is 2.12. The van der Waals surface area contributed by atoms with Gasteiger partial charge in [-0.05, 0) is 39.0 Å². The molecule has 2 aromatic heterocycles. The summed E-state index contributed by atoms with van der Waals surface area (Å²) < 4.78 is 18.2. The van der Waals surface area contributed by atoms with Crippen molar-refractivity contribution in [2.75, 3.05) is 5.32 Å². The lowest BCUT2D eigenvalue weighted by Crippen LogP contribution is -2.08. The Bertz CT molecular complexity index is 505. The zero-order valence-electron chi connectivity index (χ0n) is 10.1. The van der Waals surface area contributed by atoms with E-state index in [9.17, 15) is 4.39 Å². The summed E-state index contributed by atoms with van der Waals surface area (Å²) in [5, 5.41) is 3.20. The number of anilines is 1. The molecule has 0 saturated heterocycles. The fraction of sp³-hybridized carbons (Fsp3) is 0.308. The number of hydrogen-bond acceptors (Lipinski definition) is 3. The van der Waals surface area contributed by atoms with Gasteiger partial charge in [-0.25, -0.2) is 9.37 Å². The van der Waals surface area contributed by atoms with E-state index in [0.717, 1.165) is 17.1 Å². The highest BCUT2D eigenvalue weighted by atomic mass is 19.1. The van der Waals surface area contributed by atoms with Crippen LogP contribution in [-0.4, -0.2) is 4.98 Å². The summed E-state index contributed by atoms with van der Waals surface area (Å²) in [5.41, 5.74) is 1.09. The van der Waals surface area contributed by atoms with E-state index in [2.05, 4.69) is 10.3 Å². The second kappa shape index (κ2) is 4.57. The first-order valence-corrected chi connectivity index (χ1v) is 5.51. The lowest BCUT2D eigenvalue weighted by molar-refractivity contribution is 0.499. The summed E-state index contributed by atoms with van der Waals surface area (Å²) in [7, 11) is 0. The predicted octanol–water partition coefficient (Wildman–Crippen LogP) is 3.60. The highest BCUT2D eigenvalue weighted by molar-refractivity contribution is 5.38. The minimum Gasteiger partial charge on any atom is -0.466 e. The van der Waals surface area contributed by atoms with Crippen molar-refractivity contribution in [1.29, 1.82) is 0 Å². The maximum Gasteiger partial charge on any atom is 0.141 e. The zero-order valence-corrected chi connectivity index (χ0v) is 10.1. The number of nitrogens with zero attached hydrogens (tertiary/aromatic N) is 1. The predicted molar refractivity (Wildman–Crippen MR) is 64.4 cm³/mol. The number of hydrogen-bond donors (Lipinski definition) is 1. The number of pyridine rings is 1. The normalized spacial score (nSPS) is 12.5. The molecular weight excluding hydrogens is 219 g/mol. The Morgan fingerprint density at radius 3 is 2.65 bits per heavy atom. The molecule has 1 unspecified atom stereocenters. The van der Waals surface area contributed by atoms with Gasteiger partial charge in [0.2, 0.25) is 0 Å². The van der Waals surface area contributed by atoms with Gasteiger partial charge in [0.1, 0.15) is 23.2 Å². The minimum atomic E-state index is -0.335. The molecule has 4 heteroatoms. The molecule has 1 atom stereocenters. The zero-order chi connectivity index (χ0) is 12.4. The van der Waals surface area contributed by atoms with Gasteiger partial charge in [-0.2, -0.15) is 0 Å². The molecule has 0 aromatic carbocycles. The fourth-order valence-corrected chi connectivity index (χ4v) is 1.84. The van der Waals surface area contributed by atoms with E-state index in [1.165, 1.54) is 12.3 Å². The van der Waals surface area contributed by atoms with Gasteiger partial charge in [0.25, 0.3) is 0 Å². The van der Waals surface area contributed by atoms with E-state index >= 15 is 0 Å². The Hall–Kier alpha value is -1.84. The number of nitrogens with one attached hydrogen (secondary N) is 1. The Morgan fingerprint density at radius 2 is 2.12 bits per heavy atom. The summed E-state index contributed by atoms with van der Waals surface area (Å²) in [4.78, 5) is 3.96. The topological polar surface area (TPSA) is 38.1 Å². The van der Waals surface area contributed by atoms with Gasteiger partial charge < -0.3 is 9.73 Å². The molecule has 0 spiro atoms. The molecule has 0 aliphatic heterocycles. The summed E-state index contributed by atoms with van der Waals surface area (Å²) in [5.74, 6) is 2.10. The standard InChI is InChI=1S/C13H15FN2O/c1-8-6-12(10(3)17-8)9(2)16-13-5-4-11(14)7-15-13/h4-7,9H,1-3H3,(H,15,16). The fourth-order valence-electron chi connectivity index (χ4n) is 1.84. The van der Waals surface area contributed by atoms with Gasteiger partial charge in [0, 0.05) is 5.56 Å². The van der Waals surface area contributed by atoms with Crippen LogP contribution in [0.4, 0.5) is 10.2 Å². The van der Waals surface area contributed by atoms with Gasteiger partial charge in [0.05, 0.1) is 12.2 Å². The number of aromatic nitrogens is 1. The van der Waals surface area contributed by atoms with Crippen molar-refractivity contribution in [2.24, 2.45) is 0 Å².